The molecule has 9 heteroatoms. The summed E-state index contributed by atoms with van der Waals surface area (Å²) in [5.74, 6) is -0.767. The molecule has 2 aromatic carbocycles. The maximum atomic E-state index is 12.3. The monoisotopic (exact) mass is 716 g/mol. The molecule has 0 aliphatic rings. The van der Waals surface area contributed by atoms with Gasteiger partial charge in [-0.1, -0.05) is 12.1 Å². The van der Waals surface area contributed by atoms with Crippen molar-refractivity contribution in [3.63, 3.8) is 0 Å². The summed E-state index contributed by atoms with van der Waals surface area (Å²) in [4.78, 5) is -0.0290. The average Bonchev–Trinajstić information content (AvgIpc) is 2.42. The smallest absolute Gasteiger partial charge is 0.282 e. The van der Waals surface area contributed by atoms with Crippen LogP contribution in [0.15, 0.2) is 50.2 Å². The van der Waals surface area contributed by atoms with Gasteiger partial charge in [0.1, 0.15) is 4.90 Å². The van der Waals surface area contributed by atoms with Gasteiger partial charge in [0.05, 0.1) is 0 Å². The van der Waals surface area contributed by atoms with Gasteiger partial charge in [0, 0.05) is 26.6 Å². The summed E-state index contributed by atoms with van der Waals surface area (Å²) < 4.78 is 30.8. The van der Waals surface area contributed by atoms with Gasteiger partial charge in [-0.05, 0) is 108 Å². The van der Waals surface area contributed by atoms with Crippen LogP contribution in [0.1, 0.15) is 5.56 Å². The number of benzene rings is 2. The van der Waals surface area contributed by atoms with Crippen LogP contribution in [0.3, 0.4) is 0 Å². The van der Waals surface area contributed by atoms with Crippen molar-refractivity contribution in [2.75, 3.05) is 0 Å². The Kier molecular flexibility index (Phi) is 6.53. The molecule has 0 N–H and O–H groups in total. The first kappa shape index (κ1) is 18.9. The number of sulfonamides is 1. The Bertz CT molecular complexity index is 869. The maximum absolute atomic E-state index is 12.3. The number of halogens is 4. The molecule has 0 spiro atoms. The first-order valence-corrected chi connectivity index (χ1v) is 11.1. The Balaban J connectivity index is 2.56. The third-order valence-electron chi connectivity index (χ3n) is 2.54. The SMILES string of the molecule is O=S(=O)(/N=C(\[O-])c1cc(I)cc(I)c1I)c1ccccc1Br. The topological polar surface area (TPSA) is 69.6 Å². The summed E-state index contributed by atoms with van der Waals surface area (Å²) in [5.41, 5.74) is 0.285. The van der Waals surface area contributed by atoms with Crippen molar-refractivity contribution < 1.29 is 13.5 Å². The first-order chi connectivity index (χ1) is 10.2. The number of hydrogen-bond donors (Lipinski definition) is 0. The van der Waals surface area contributed by atoms with E-state index in [-0.39, 0.29) is 10.5 Å². The van der Waals surface area contributed by atoms with Crippen molar-refractivity contribution in [3.8, 4) is 0 Å². The Morgan fingerprint density at radius 1 is 1.14 bits per heavy atom. The molecule has 0 heterocycles. The van der Waals surface area contributed by atoms with Gasteiger partial charge in [0.15, 0.2) is 0 Å². The highest BCUT2D eigenvalue weighted by molar-refractivity contribution is 14.1. The molecular weight excluding hydrogens is 711 g/mol. The molecular formula is C13H6BrI3NO3S-. The highest BCUT2D eigenvalue weighted by Gasteiger charge is 2.16. The molecule has 0 atom stereocenters. The van der Waals surface area contributed by atoms with Gasteiger partial charge in [-0.3, -0.25) is 0 Å². The molecule has 0 aromatic heterocycles. The molecule has 0 saturated carbocycles. The van der Waals surface area contributed by atoms with Crippen molar-refractivity contribution in [1.29, 1.82) is 0 Å². The minimum Gasteiger partial charge on any atom is -0.858 e. The summed E-state index contributed by atoms with van der Waals surface area (Å²) >= 11 is 9.35. The highest BCUT2D eigenvalue weighted by atomic mass is 127. The predicted molar refractivity (Wildman–Crippen MR) is 112 cm³/mol. The second kappa shape index (κ2) is 7.61. The maximum Gasteiger partial charge on any atom is 0.282 e. The lowest BCUT2D eigenvalue weighted by atomic mass is 10.2. The molecule has 0 aliphatic carbocycles. The van der Waals surface area contributed by atoms with Gasteiger partial charge in [0.25, 0.3) is 10.0 Å². The molecule has 0 radical (unpaired) electrons. The van der Waals surface area contributed by atoms with Crippen molar-refractivity contribution >= 4 is 99.6 Å². The fraction of sp³-hybridized carbons (Fsp3) is 0. The minimum absolute atomic E-state index is 0.0290. The number of rotatable bonds is 3. The van der Waals surface area contributed by atoms with Crippen LogP contribution in [0, 0.1) is 10.7 Å². The van der Waals surface area contributed by atoms with Gasteiger partial charge >= 0.3 is 0 Å². The van der Waals surface area contributed by atoms with Gasteiger partial charge in [-0.2, -0.15) is 12.8 Å². The van der Waals surface area contributed by atoms with Crippen LogP contribution in [0.5, 0.6) is 0 Å². The largest absolute Gasteiger partial charge is 0.858 e. The van der Waals surface area contributed by atoms with E-state index in [4.69, 9.17) is 0 Å². The van der Waals surface area contributed by atoms with Crippen LogP contribution in [0.25, 0.3) is 0 Å². The molecule has 0 fully saturated rings. The second-order valence-electron chi connectivity index (χ2n) is 4.05. The van der Waals surface area contributed by atoms with Crippen molar-refractivity contribution in [3.05, 3.63) is 57.1 Å². The molecule has 0 aliphatic heterocycles. The highest BCUT2D eigenvalue weighted by Crippen LogP contribution is 2.25. The summed E-state index contributed by atoms with van der Waals surface area (Å²) in [5, 5.41) is 12.3. The van der Waals surface area contributed by atoms with Crippen LogP contribution in [0.4, 0.5) is 0 Å². The fourth-order valence-corrected chi connectivity index (χ4v) is 5.84. The lowest BCUT2D eigenvalue weighted by Gasteiger charge is -2.14. The fourth-order valence-electron chi connectivity index (χ4n) is 1.57. The van der Waals surface area contributed by atoms with Crippen molar-refractivity contribution in [1.82, 2.24) is 0 Å². The van der Waals surface area contributed by atoms with Crippen molar-refractivity contribution in [2.45, 2.75) is 4.90 Å². The Labute approximate surface area is 177 Å². The summed E-state index contributed by atoms with van der Waals surface area (Å²) in [7, 11) is -4.06. The Morgan fingerprint density at radius 2 is 1.77 bits per heavy atom. The quantitative estimate of drug-likeness (QED) is 0.211. The first-order valence-electron chi connectivity index (χ1n) is 5.64. The van der Waals surface area contributed by atoms with E-state index in [1.54, 1.807) is 24.3 Å². The summed E-state index contributed by atoms with van der Waals surface area (Å²) in [6.07, 6.45) is 0. The van der Waals surface area contributed by atoms with Gasteiger partial charge in [-0.15, -0.1) is 0 Å². The summed E-state index contributed by atoms with van der Waals surface area (Å²) in [6, 6.07) is 9.80. The standard InChI is InChI=1S/C13H7BrI3NO3S/c14-9-3-1-2-4-11(9)22(20,21)18-13(19)8-5-7(15)6-10(16)12(8)17/h1-6H,(H,18,19)/p-1. The zero-order valence-corrected chi connectivity index (χ0v) is 19.4. The molecule has 0 amide bonds. The van der Waals surface area contributed by atoms with Crippen LogP contribution in [-0.2, 0) is 10.0 Å². The van der Waals surface area contributed by atoms with Crippen LogP contribution in [0.2, 0.25) is 0 Å². The van der Waals surface area contributed by atoms with Gasteiger partial charge < -0.3 is 5.11 Å². The third-order valence-corrected chi connectivity index (χ3v) is 8.48. The number of nitrogens with zero attached hydrogens (tertiary/aromatic N) is 1. The van der Waals surface area contributed by atoms with E-state index < -0.39 is 15.9 Å². The van der Waals surface area contributed by atoms with E-state index in [1.807, 2.05) is 28.7 Å². The molecule has 2 aromatic rings. The van der Waals surface area contributed by atoms with Gasteiger partial charge in [-0.25, -0.2) is 0 Å². The molecule has 0 unspecified atom stereocenters. The molecule has 116 valence electrons. The van der Waals surface area contributed by atoms with E-state index in [0.29, 0.717) is 8.04 Å². The van der Waals surface area contributed by atoms with Crippen LogP contribution >= 0.6 is 83.7 Å². The molecule has 0 saturated heterocycles. The number of hydrogen-bond acceptors (Lipinski definition) is 3. The van der Waals surface area contributed by atoms with E-state index >= 15 is 0 Å². The lowest BCUT2D eigenvalue weighted by molar-refractivity contribution is -0.212. The average molecular weight is 717 g/mol. The van der Waals surface area contributed by atoms with E-state index in [0.717, 1.165) is 7.14 Å². The second-order valence-corrected chi connectivity index (χ2v) is 9.96. The Hall–Kier alpha value is 0.530. The Morgan fingerprint density at radius 3 is 2.41 bits per heavy atom. The van der Waals surface area contributed by atoms with Crippen molar-refractivity contribution in [2.24, 2.45) is 4.40 Å². The lowest BCUT2D eigenvalue weighted by Crippen LogP contribution is -2.22. The third kappa shape index (κ3) is 4.33. The van der Waals surface area contributed by atoms with E-state index in [2.05, 4.69) is 65.5 Å². The predicted octanol–water partition coefficient (Wildman–Crippen LogP) is 3.76. The minimum atomic E-state index is -4.06. The normalized spacial score (nSPS) is 12.5. The van der Waals surface area contributed by atoms with E-state index in [9.17, 15) is 13.5 Å². The zero-order chi connectivity index (χ0) is 16.5. The molecule has 0 bridgehead atoms. The summed E-state index contributed by atoms with van der Waals surface area (Å²) in [6.45, 7) is 0. The zero-order valence-electron chi connectivity index (χ0n) is 10.6. The molecule has 2 rings (SSSR count). The van der Waals surface area contributed by atoms with E-state index in [1.165, 1.54) is 6.07 Å². The van der Waals surface area contributed by atoms with Crippen LogP contribution < -0.4 is 5.11 Å². The molecule has 4 nitrogen and oxygen atoms in total. The van der Waals surface area contributed by atoms with Crippen LogP contribution in [-0.4, -0.2) is 14.3 Å². The molecule has 22 heavy (non-hydrogen) atoms. The van der Waals surface area contributed by atoms with Gasteiger partial charge in [0.2, 0.25) is 0 Å².